The van der Waals surface area contributed by atoms with Crippen molar-refractivity contribution in [3.05, 3.63) is 182 Å². The van der Waals surface area contributed by atoms with Crippen LogP contribution in [0.3, 0.4) is 0 Å². The maximum Gasteiger partial charge on any atom is 0.146 e. The molecule has 0 unspecified atom stereocenters. The van der Waals surface area contributed by atoms with Crippen molar-refractivity contribution in [1.29, 1.82) is 0 Å². The van der Waals surface area contributed by atoms with E-state index >= 15 is 0 Å². The number of rotatable bonds is 3. The zero-order valence-corrected chi connectivity index (χ0v) is 29.6. The van der Waals surface area contributed by atoms with Gasteiger partial charge in [-0.25, -0.2) is 0 Å². The molecule has 0 saturated carbocycles. The number of nitrogens with zero attached hydrogens (tertiary/aromatic N) is 2. The van der Waals surface area contributed by atoms with Crippen molar-refractivity contribution in [3.8, 4) is 44.8 Å². The Bertz CT molecular complexity index is 3550. The molecule has 0 amide bonds. The third-order valence-corrected chi connectivity index (χ3v) is 12.0. The highest BCUT2D eigenvalue weighted by Crippen LogP contribution is 2.51. The molecule has 0 N–H and O–H groups in total. The lowest BCUT2D eigenvalue weighted by atomic mass is 9.94. The lowest BCUT2D eigenvalue weighted by Crippen LogP contribution is -1.99. The quantitative estimate of drug-likeness (QED) is 0.180. The molecular formula is C52H30N2O. The maximum atomic E-state index is 6.91. The smallest absolute Gasteiger partial charge is 0.146 e. The zero-order valence-electron chi connectivity index (χ0n) is 29.6. The van der Waals surface area contributed by atoms with Crippen LogP contribution in [0.4, 0.5) is 0 Å². The summed E-state index contributed by atoms with van der Waals surface area (Å²) in [7, 11) is 0. The highest BCUT2D eigenvalue weighted by atomic mass is 16.3. The normalized spacial score (nSPS) is 12.4. The third-order valence-electron chi connectivity index (χ3n) is 12.0. The van der Waals surface area contributed by atoms with Crippen molar-refractivity contribution in [1.82, 2.24) is 9.13 Å². The highest BCUT2D eigenvalue weighted by Gasteiger charge is 2.28. The molecular weight excluding hydrogens is 669 g/mol. The summed E-state index contributed by atoms with van der Waals surface area (Å²) in [6.07, 6.45) is 0. The second kappa shape index (κ2) is 10.6. The van der Waals surface area contributed by atoms with E-state index in [1.807, 2.05) is 0 Å². The summed E-state index contributed by atoms with van der Waals surface area (Å²) < 4.78 is 11.8. The van der Waals surface area contributed by atoms with E-state index in [-0.39, 0.29) is 0 Å². The molecule has 254 valence electrons. The minimum Gasteiger partial charge on any atom is -0.455 e. The van der Waals surface area contributed by atoms with E-state index in [1.54, 1.807) is 0 Å². The predicted molar refractivity (Wildman–Crippen MR) is 230 cm³/mol. The number of para-hydroxylation sites is 4. The van der Waals surface area contributed by atoms with E-state index in [9.17, 15) is 0 Å². The topological polar surface area (TPSA) is 23.0 Å². The average molecular weight is 699 g/mol. The van der Waals surface area contributed by atoms with Gasteiger partial charge in [-0.2, -0.15) is 0 Å². The van der Waals surface area contributed by atoms with E-state index in [2.05, 4.69) is 191 Å². The molecule has 0 fully saturated rings. The van der Waals surface area contributed by atoms with E-state index in [4.69, 9.17) is 4.42 Å². The van der Waals surface area contributed by atoms with Crippen LogP contribution in [0.25, 0.3) is 121 Å². The number of hydrogen-bond acceptors (Lipinski definition) is 1. The van der Waals surface area contributed by atoms with Gasteiger partial charge in [0.1, 0.15) is 11.2 Å². The van der Waals surface area contributed by atoms with Crippen LogP contribution in [-0.4, -0.2) is 9.13 Å². The summed E-state index contributed by atoms with van der Waals surface area (Å²) in [5, 5.41) is 9.65. The van der Waals surface area contributed by atoms with Gasteiger partial charge in [0.15, 0.2) is 0 Å². The SMILES string of the molecule is c1ccc(-n2c3ccccc3c3c4oc5ccccc5c4c4c5ccccc5n(-c5ccc(-c6ccc7c8c(cccc68)-c6ccccc6-7)cc5)c4c32)cc1. The first kappa shape index (κ1) is 29.1. The molecule has 0 spiro atoms. The summed E-state index contributed by atoms with van der Waals surface area (Å²) >= 11 is 0. The Kier molecular flexibility index (Phi) is 5.63. The highest BCUT2D eigenvalue weighted by molar-refractivity contribution is 6.39. The van der Waals surface area contributed by atoms with Crippen molar-refractivity contribution >= 4 is 76.3 Å². The van der Waals surface area contributed by atoms with Gasteiger partial charge in [0.05, 0.1) is 27.5 Å². The molecule has 3 heteroatoms. The van der Waals surface area contributed by atoms with Gasteiger partial charge in [-0.1, -0.05) is 140 Å². The van der Waals surface area contributed by atoms with Crippen LogP contribution in [-0.2, 0) is 0 Å². The first-order valence-electron chi connectivity index (χ1n) is 18.9. The predicted octanol–water partition coefficient (Wildman–Crippen LogP) is 14.2. The number of aromatic nitrogens is 2. The maximum absolute atomic E-state index is 6.91. The van der Waals surface area contributed by atoms with Crippen LogP contribution in [0.2, 0.25) is 0 Å². The molecule has 55 heavy (non-hydrogen) atoms. The fourth-order valence-electron chi connectivity index (χ4n) is 9.84. The number of benzene rings is 9. The van der Waals surface area contributed by atoms with Gasteiger partial charge >= 0.3 is 0 Å². The van der Waals surface area contributed by atoms with Gasteiger partial charge in [0, 0.05) is 38.3 Å². The van der Waals surface area contributed by atoms with Crippen LogP contribution < -0.4 is 0 Å². The molecule has 0 aliphatic heterocycles. The standard InChI is InChI=1S/C52H30N2O/c1-2-13-32(14-3-1)53-44-23-10-7-18-41(44)49-51(53)50-47(48-42-19-8-11-24-45(42)55-52(48)49)40-17-6-9-22-43(40)54(50)33-27-25-31(26-28-33)34-29-30-39-36-16-5-4-15-35(36)38-21-12-20-37(34)46(38)39/h1-30H. The van der Waals surface area contributed by atoms with Crippen LogP contribution in [0.15, 0.2) is 186 Å². The van der Waals surface area contributed by atoms with E-state index in [0.717, 1.165) is 55.2 Å². The summed E-state index contributed by atoms with van der Waals surface area (Å²) in [6, 6.07) is 66.2. The van der Waals surface area contributed by atoms with E-state index in [0.29, 0.717) is 0 Å². The van der Waals surface area contributed by atoms with Crippen LogP contribution in [0, 0.1) is 0 Å². The van der Waals surface area contributed by atoms with Gasteiger partial charge in [0.2, 0.25) is 0 Å². The van der Waals surface area contributed by atoms with E-state index < -0.39 is 0 Å². The lowest BCUT2D eigenvalue weighted by molar-refractivity contribution is 0.673. The summed E-state index contributed by atoms with van der Waals surface area (Å²) in [5.74, 6) is 0. The van der Waals surface area contributed by atoms with Crippen molar-refractivity contribution in [2.45, 2.75) is 0 Å². The molecule has 0 bridgehead atoms. The summed E-state index contributed by atoms with van der Waals surface area (Å²) in [5.41, 5.74) is 16.4. The molecule has 1 aliphatic carbocycles. The molecule has 1 aliphatic rings. The minimum absolute atomic E-state index is 0.900. The van der Waals surface area contributed by atoms with Crippen molar-refractivity contribution in [2.24, 2.45) is 0 Å². The Morgan fingerprint density at radius 2 is 0.836 bits per heavy atom. The Morgan fingerprint density at radius 1 is 0.309 bits per heavy atom. The number of furan rings is 1. The Labute approximate surface area is 315 Å². The molecule has 9 aromatic carbocycles. The largest absolute Gasteiger partial charge is 0.455 e. The molecule has 3 heterocycles. The van der Waals surface area contributed by atoms with Crippen LogP contribution in [0.5, 0.6) is 0 Å². The number of fused-ring (bicyclic) bond motifs is 15. The molecule has 0 radical (unpaired) electrons. The van der Waals surface area contributed by atoms with Gasteiger partial charge in [-0.05, 0) is 86.6 Å². The summed E-state index contributed by atoms with van der Waals surface area (Å²) in [6.45, 7) is 0. The van der Waals surface area contributed by atoms with Gasteiger partial charge < -0.3 is 13.6 Å². The molecule has 3 aromatic heterocycles. The Hall–Kier alpha value is -7.36. The molecule has 12 aromatic rings. The monoisotopic (exact) mass is 698 g/mol. The minimum atomic E-state index is 0.900. The Morgan fingerprint density at radius 3 is 1.58 bits per heavy atom. The molecule has 13 rings (SSSR count). The average Bonchev–Trinajstić information content (AvgIpc) is 3.99. The van der Waals surface area contributed by atoms with Gasteiger partial charge in [-0.3, -0.25) is 0 Å². The van der Waals surface area contributed by atoms with Crippen LogP contribution >= 0.6 is 0 Å². The van der Waals surface area contributed by atoms with Crippen LogP contribution in [0.1, 0.15) is 0 Å². The van der Waals surface area contributed by atoms with Crippen molar-refractivity contribution < 1.29 is 4.42 Å². The fraction of sp³-hybridized carbons (Fsp3) is 0. The van der Waals surface area contributed by atoms with Gasteiger partial charge in [-0.15, -0.1) is 0 Å². The Balaban J connectivity index is 1.15. The van der Waals surface area contributed by atoms with E-state index in [1.165, 1.54) is 65.8 Å². The molecule has 0 atom stereocenters. The zero-order chi connectivity index (χ0) is 35.8. The molecule has 3 nitrogen and oxygen atoms in total. The third kappa shape index (κ3) is 3.74. The summed E-state index contributed by atoms with van der Waals surface area (Å²) in [4.78, 5) is 0. The fourth-order valence-corrected chi connectivity index (χ4v) is 9.84. The van der Waals surface area contributed by atoms with Gasteiger partial charge in [0.25, 0.3) is 0 Å². The second-order valence-corrected chi connectivity index (χ2v) is 14.8. The second-order valence-electron chi connectivity index (χ2n) is 14.8. The first-order valence-corrected chi connectivity index (χ1v) is 18.9. The number of hydrogen-bond donors (Lipinski definition) is 0. The lowest BCUT2D eigenvalue weighted by Gasteiger charge is -2.14. The van der Waals surface area contributed by atoms with Crippen molar-refractivity contribution in [2.75, 3.05) is 0 Å². The first-order chi connectivity index (χ1) is 27.3. The molecule has 0 saturated heterocycles. The van der Waals surface area contributed by atoms with Crippen molar-refractivity contribution in [3.63, 3.8) is 0 Å².